The summed E-state index contributed by atoms with van der Waals surface area (Å²) in [7, 11) is -3.31. The lowest BCUT2D eigenvalue weighted by Gasteiger charge is -2.26. The number of benzene rings is 1. The van der Waals surface area contributed by atoms with Gasteiger partial charge in [-0.3, -0.25) is 4.98 Å². The number of hydrogen-bond donors (Lipinski definition) is 4. The zero-order chi connectivity index (χ0) is 15.8. The number of nitrogen functional groups attached to an aromatic ring is 1. The number of nitrogens with two attached hydrogens (primary N) is 1. The number of oxazole rings is 1. The monoisotopic (exact) mass is 314 g/mol. The number of nitrogens with one attached hydrogen (secondary N) is 3. The highest BCUT2D eigenvalue weighted by molar-refractivity contribution is 7.88. The Balaban J connectivity index is 2.20. The summed E-state index contributed by atoms with van der Waals surface area (Å²) in [6.45, 7) is 3.81. The van der Waals surface area contributed by atoms with Crippen LogP contribution in [0, 0.1) is 0 Å². The van der Waals surface area contributed by atoms with Crippen LogP contribution in [0.4, 0.5) is 11.4 Å². The third-order valence-corrected chi connectivity index (χ3v) is 3.70. The third kappa shape index (κ3) is 3.99. The van der Waals surface area contributed by atoms with Crippen LogP contribution in [0.3, 0.4) is 0 Å². The van der Waals surface area contributed by atoms with Crippen LogP contribution in [0.25, 0.3) is 11.1 Å². The van der Waals surface area contributed by atoms with E-state index in [1.165, 1.54) is 6.07 Å². The van der Waals surface area contributed by atoms with Crippen LogP contribution in [0.5, 0.6) is 0 Å². The van der Waals surface area contributed by atoms with Crippen LogP contribution in [-0.4, -0.2) is 31.7 Å². The molecule has 1 aromatic heterocycles. The van der Waals surface area contributed by atoms with Gasteiger partial charge in [-0.05, 0) is 19.9 Å². The van der Waals surface area contributed by atoms with Crippen molar-refractivity contribution in [1.29, 1.82) is 0 Å². The highest BCUT2D eigenvalue weighted by Crippen LogP contribution is 2.24. The Bertz CT molecular complexity index is 819. The fourth-order valence-electron chi connectivity index (χ4n) is 2.02. The van der Waals surface area contributed by atoms with Crippen molar-refractivity contribution in [3.63, 3.8) is 0 Å². The summed E-state index contributed by atoms with van der Waals surface area (Å²) < 4.78 is 30.0. The molecule has 0 bridgehead atoms. The van der Waals surface area contributed by atoms with Crippen molar-refractivity contribution in [2.75, 3.05) is 23.9 Å². The quantitative estimate of drug-likeness (QED) is 0.593. The van der Waals surface area contributed by atoms with E-state index in [9.17, 15) is 13.2 Å². The van der Waals surface area contributed by atoms with E-state index in [2.05, 4.69) is 15.0 Å². The minimum absolute atomic E-state index is 0.317. The number of hydrogen-bond acceptors (Lipinski definition) is 6. The summed E-state index contributed by atoms with van der Waals surface area (Å²) in [5.74, 6) is -0.555. The predicted octanol–water partition coefficient (Wildman–Crippen LogP) is 0.443. The van der Waals surface area contributed by atoms with Crippen LogP contribution >= 0.6 is 0 Å². The zero-order valence-electron chi connectivity index (χ0n) is 12.0. The minimum Gasteiger partial charge on any atom is -0.408 e. The zero-order valence-corrected chi connectivity index (χ0v) is 12.8. The summed E-state index contributed by atoms with van der Waals surface area (Å²) in [6.07, 6.45) is 1.10. The third-order valence-electron chi connectivity index (χ3n) is 2.77. The fourth-order valence-corrected chi connectivity index (χ4v) is 3.10. The van der Waals surface area contributed by atoms with Gasteiger partial charge in [0.15, 0.2) is 5.58 Å². The Morgan fingerprint density at radius 2 is 2.05 bits per heavy atom. The van der Waals surface area contributed by atoms with Crippen LogP contribution in [0.1, 0.15) is 13.8 Å². The van der Waals surface area contributed by atoms with E-state index in [0.717, 1.165) is 6.26 Å². The second-order valence-electron chi connectivity index (χ2n) is 5.56. The number of anilines is 2. The van der Waals surface area contributed by atoms with Gasteiger partial charge in [0.25, 0.3) is 0 Å². The molecular formula is C12H18N4O4S. The molecule has 0 saturated carbocycles. The van der Waals surface area contributed by atoms with Crippen molar-refractivity contribution in [3.05, 3.63) is 22.7 Å². The molecule has 5 N–H and O–H groups in total. The molecule has 9 heteroatoms. The number of aromatic nitrogens is 1. The first-order valence-electron chi connectivity index (χ1n) is 6.21. The van der Waals surface area contributed by atoms with Crippen molar-refractivity contribution in [3.8, 4) is 0 Å². The lowest BCUT2D eigenvalue weighted by atomic mass is 10.1. The minimum atomic E-state index is -3.31. The van der Waals surface area contributed by atoms with Gasteiger partial charge < -0.3 is 15.5 Å². The maximum absolute atomic E-state index is 11.3. The molecule has 8 nitrogen and oxygen atoms in total. The first-order valence-corrected chi connectivity index (χ1v) is 8.10. The molecule has 21 heavy (non-hydrogen) atoms. The Morgan fingerprint density at radius 1 is 1.38 bits per heavy atom. The van der Waals surface area contributed by atoms with Crippen LogP contribution in [0.15, 0.2) is 21.3 Å². The van der Waals surface area contributed by atoms with E-state index in [1.54, 1.807) is 19.9 Å². The molecule has 1 heterocycles. The molecule has 116 valence electrons. The molecule has 0 aliphatic carbocycles. The topological polar surface area (TPSA) is 130 Å². The van der Waals surface area contributed by atoms with E-state index in [-0.39, 0.29) is 0 Å². The summed E-state index contributed by atoms with van der Waals surface area (Å²) in [6, 6.07) is 3.18. The number of sulfonamides is 1. The number of H-pyrrole nitrogens is 1. The maximum Gasteiger partial charge on any atom is 0.417 e. The van der Waals surface area contributed by atoms with Crippen molar-refractivity contribution >= 4 is 32.5 Å². The smallest absolute Gasteiger partial charge is 0.408 e. The van der Waals surface area contributed by atoms with Crippen LogP contribution < -0.4 is 21.5 Å². The lowest BCUT2D eigenvalue weighted by Crippen LogP contribution is -2.47. The van der Waals surface area contributed by atoms with Gasteiger partial charge in [-0.25, -0.2) is 17.9 Å². The van der Waals surface area contributed by atoms with Gasteiger partial charge in [-0.2, -0.15) is 0 Å². The Labute approximate surface area is 121 Å². The van der Waals surface area contributed by atoms with Crippen molar-refractivity contribution in [2.45, 2.75) is 19.4 Å². The predicted molar refractivity (Wildman–Crippen MR) is 81.8 cm³/mol. The van der Waals surface area contributed by atoms with E-state index >= 15 is 0 Å². The standard InChI is InChI=1S/C12H18N4O4S/c1-12(2,16-21(3,18)19)6-14-8-5-9-10(4-7(8)13)20-11(17)15-9/h4-5,14,16H,6,13H2,1-3H3,(H,15,17). The van der Waals surface area contributed by atoms with E-state index < -0.39 is 21.3 Å². The summed E-state index contributed by atoms with van der Waals surface area (Å²) in [4.78, 5) is 13.7. The molecule has 0 fully saturated rings. The number of rotatable bonds is 5. The van der Waals surface area contributed by atoms with Gasteiger partial charge >= 0.3 is 5.76 Å². The highest BCUT2D eigenvalue weighted by Gasteiger charge is 2.22. The molecule has 0 amide bonds. The van der Waals surface area contributed by atoms with Gasteiger partial charge in [0, 0.05) is 18.2 Å². The van der Waals surface area contributed by atoms with Gasteiger partial charge in [0.2, 0.25) is 10.0 Å². The first kappa shape index (κ1) is 15.4. The van der Waals surface area contributed by atoms with Crippen molar-refractivity contribution < 1.29 is 12.8 Å². The van der Waals surface area contributed by atoms with Gasteiger partial charge in [-0.15, -0.1) is 0 Å². The fraction of sp³-hybridized carbons (Fsp3) is 0.417. The molecule has 2 rings (SSSR count). The van der Waals surface area contributed by atoms with Gasteiger partial charge in [-0.1, -0.05) is 0 Å². The first-order chi connectivity index (χ1) is 9.56. The Hall–Kier alpha value is -2.00. The largest absolute Gasteiger partial charge is 0.417 e. The molecule has 0 spiro atoms. The Morgan fingerprint density at radius 3 is 2.67 bits per heavy atom. The lowest BCUT2D eigenvalue weighted by molar-refractivity contribution is 0.476. The maximum atomic E-state index is 11.3. The molecule has 0 radical (unpaired) electrons. The van der Waals surface area contributed by atoms with Crippen molar-refractivity contribution in [1.82, 2.24) is 9.71 Å². The van der Waals surface area contributed by atoms with Crippen LogP contribution in [-0.2, 0) is 10.0 Å². The normalized spacial score (nSPS) is 12.7. The van der Waals surface area contributed by atoms with Crippen molar-refractivity contribution in [2.24, 2.45) is 0 Å². The summed E-state index contributed by atoms with van der Waals surface area (Å²) >= 11 is 0. The van der Waals surface area contributed by atoms with Gasteiger partial charge in [0.1, 0.15) is 0 Å². The molecular weight excluding hydrogens is 296 g/mol. The Kier molecular flexibility index (Phi) is 3.72. The van der Waals surface area contributed by atoms with Crippen LogP contribution in [0.2, 0.25) is 0 Å². The molecule has 1 aromatic carbocycles. The molecule has 0 aliphatic rings. The number of aromatic amines is 1. The summed E-state index contributed by atoms with van der Waals surface area (Å²) in [5.41, 5.74) is 7.06. The molecule has 0 saturated heterocycles. The molecule has 0 aliphatic heterocycles. The highest BCUT2D eigenvalue weighted by atomic mass is 32.2. The molecule has 0 unspecified atom stereocenters. The second-order valence-corrected chi connectivity index (χ2v) is 7.31. The SMILES string of the molecule is CC(C)(CNc1cc2[nH]c(=O)oc2cc1N)NS(C)(=O)=O. The molecule has 0 atom stereocenters. The summed E-state index contributed by atoms with van der Waals surface area (Å²) in [5, 5.41) is 3.06. The van der Waals surface area contributed by atoms with E-state index in [0.29, 0.717) is 29.0 Å². The number of fused-ring (bicyclic) bond motifs is 1. The van der Waals surface area contributed by atoms with E-state index in [4.69, 9.17) is 10.2 Å². The molecule has 2 aromatic rings. The average molecular weight is 314 g/mol. The van der Waals surface area contributed by atoms with E-state index in [1.807, 2.05) is 0 Å². The second kappa shape index (κ2) is 5.08. The average Bonchev–Trinajstić information content (AvgIpc) is 2.62. The van der Waals surface area contributed by atoms with Gasteiger partial charge in [0.05, 0.1) is 23.1 Å².